The Morgan fingerprint density at radius 1 is 1.21 bits per heavy atom. The summed E-state index contributed by atoms with van der Waals surface area (Å²) in [5, 5.41) is 10.6. The van der Waals surface area contributed by atoms with Crippen LogP contribution in [0, 0.1) is 25.2 Å². The summed E-state index contributed by atoms with van der Waals surface area (Å²) >= 11 is 0. The summed E-state index contributed by atoms with van der Waals surface area (Å²) in [7, 11) is 0. The number of amides is 1. The van der Waals surface area contributed by atoms with Crippen LogP contribution < -0.4 is 4.90 Å². The summed E-state index contributed by atoms with van der Waals surface area (Å²) in [6.45, 7) is 6.57. The molecule has 1 N–H and O–H groups in total. The van der Waals surface area contributed by atoms with Crippen LogP contribution in [0.2, 0.25) is 0 Å². The molecule has 0 spiro atoms. The number of carbonyl (C=O) groups excluding carboxylic acids is 1. The van der Waals surface area contributed by atoms with Crippen LogP contribution in [0.4, 0.5) is 5.69 Å². The van der Waals surface area contributed by atoms with Crippen LogP contribution in [0.3, 0.4) is 0 Å². The molecule has 1 aromatic carbocycles. The van der Waals surface area contributed by atoms with E-state index in [1.807, 2.05) is 55.3 Å². The molecule has 1 saturated heterocycles. The van der Waals surface area contributed by atoms with E-state index in [0.717, 1.165) is 46.6 Å². The van der Waals surface area contributed by atoms with E-state index in [-0.39, 0.29) is 5.91 Å². The van der Waals surface area contributed by atoms with Gasteiger partial charge in [0.2, 0.25) is 5.91 Å². The molecule has 1 aliphatic rings. The standard InChI is InChI=1S/C22H23N5O/c1-15-11-21(19(13-23)16(2)25-15)26-7-9-27(10-8-26)22(28)12-17-14-24-20-6-4-3-5-18(17)20/h3-6,11,14,24H,7-10,12H2,1-2H3. The Balaban J connectivity index is 1.45. The molecule has 0 radical (unpaired) electrons. The molecule has 0 atom stereocenters. The highest BCUT2D eigenvalue weighted by atomic mass is 16.2. The lowest BCUT2D eigenvalue weighted by Crippen LogP contribution is -2.49. The molecule has 0 saturated carbocycles. The highest BCUT2D eigenvalue weighted by Crippen LogP contribution is 2.25. The Hall–Kier alpha value is -3.33. The highest BCUT2D eigenvalue weighted by Gasteiger charge is 2.24. The highest BCUT2D eigenvalue weighted by molar-refractivity contribution is 5.89. The third-order valence-corrected chi connectivity index (χ3v) is 5.41. The molecule has 6 nitrogen and oxygen atoms in total. The SMILES string of the molecule is Cc1cc(N2CCN(C(=O)Cc3c[nH]c4ccccc34)CC2)c(C#N)c(C)n1. The number of aromatic nitrogens is 2. The van der Waals surface area contributed by atoms with Gasteiger partial charge in [0.05, 0.1) is 23.4 Å². The second kappa shape index (κ2) is 7.35. The lowest BCUT2D eigenvalue weighted by molar-refractivity contribution is -0.130. The Kier molecular flexibility index (Phi) is 4.74. The first-order chi connectivity index (χ1) is 13.6. The number of nitriles is 1. The van der Waals surface area contributed by atoms with Crippen molar-refractivity contribution in [1.82, 2.24) is 14.9 Å². The second-order valence-corrected chi connectivity index (χ2v) is 7.26. The second-order valence-electron chi connectivity index (χ2n) is 7.26. The Labute approximate surface area is 164 Å². The van der Waals surface area contributed by atoms with Gasteiger partial charge in [0.25, 0.3) is 0 Å². The number of benzene rings is 1. The minimum Gasteiger partial charge on any atom is -0.367 e. The van der Waals surface area contributed by atoms with Crippen LogP contribution in [0.25, 0.3) is 10.9 Å². The largest absolute Gasteiger partial charge is 0.367 e. The van der Waals surface area contributed by atoms with Gasteiger partial charge in [0, 0.05) is 49.0 Å². The Morgan fingerprint density at radius 2 is 1.96 bits per heavy atom. The number of nitrogens with zero attached hydrogens (tertiary/aromatic N) is 4. The summed E-state index contributed by atoms with van der Waals surface area (Å²) in [6, 6.07) is 12.3. The number of H-pyrrole nitrogens is 1. The van der Waals surface area contributed by atoms with Crippen molar-refractivity contribution in [3.63, 3.8) is 0 Å². The van der Waals surface area contributed by atoms with Crippen molar-refractivity contribution in [2.24, 2.45) is 0 Å². The lowest BCUT2D eigenvalue weighted by atomic mass is 10.1. The molecule has 6 heteroatoms. The first-order valence-electron chi connectivity index (χ1n) is 9.53. The maximum atomic E-state index is 12.8. The molecule has 1 aliphatic heterocycles. The molecule has 0 aliphatic carbocycles. The Bertz CT molecular complexity index is 1070. The fourth-order valence-electron chi connectivity index (χ4n) is 3.95. The number of para-hydroxylation sites is 1. The van der Waals surface area contributed by atoms with E-state index in [4.69, 9.17) is 0 Å². The number of aryl methyl sites for hydroxylation is 2. The van der Waals surface area contributed by atoms with Crippen LogP contribution in [-0.2, 0) is 11.2 Å². The predicted molar refractivity (Wildman–Crippen MR) is 109 cm³/mol. The van der Waals surface area contributed by atoms with Crippen molar-refractivity contribution < 1.29 is 4.79 Å². The number of pyridine rings is 1. The van der Waals surface area contributed by atoms with E-state index in [9.17, 15) is 10.1 Å². The monoisotopic (exact) mass is 373 g/mol. The fraction of sp³-hybridized carbons (Fsp3) is 0.318. The van der Waals surface area contributed by atoms with E-state index in [2.05, 4.69) is 20.9 Å². The van der Waals surface area contributed by atoms with Gasteiger partial charge in [-0.15, -0.1) is 0 Å². The molecule has 2 aromatic heterocycles. The van der Waals surface area contributed by atoms with Crippen LogP contribution in [0.15, 0.2) is 36.5 Å². The van der Waals surface area contributed by atoms with Crippen molar-refractivity contribution >= 4 is 22.5 Å². The molecular formula is C22H23N5O. The van der Waals surface area contributed by atoms with E-state index in [0.29, 0.717) is 25.1 Å². The summed E-state index contributed by atoms with van der Waals surface area (Å²) < 4.78 is 0. The number of nitrogens with one attached hydrogen (secondary N) is 1. The molecule has 3 heterocycles. The van der Waals surface area contributed by atoms with Gasteiger partial charge in [-0.05, 0) is 31.5 Å². The van der Waals surface area contributed by atoms with Gasteiger partial charge in [0.1, 0.15) is 6.07 Å². The normalized spacial score (nSPS) is 14.3. The van der Waals surface area contributed by atoms with Crippen LogP contribution >= 0.6 is 0 Å². The topological polar surface area (TPSA) is 76.0 Å². The zero-order chi connectivity index (χ0) is 19.7. The fourth-order valence-corrected chi connectivity index (χ4v) is 3.95. The van der Waals surface area contributed by atoms with Crippen molar-refractivity contribution in [3.05, 3.63) is 59.0 Å². The number of hydrogen-bond donors (Lipinski definition) is 1. The van der Waals surface area contributed by atoms with Gasteiger partial charge in [-0.1, -0.05) is 18.2 Å². The first-order valence-corrected chi connectivity index (χ1v) is 9.53. The number of rotatable bonds is 3. The van der Waals surface area contributed by atoms with Crippen LogP contribution in [0.5, 0.6) is 0 Å². The third-order valence-electron chi connectivity index (χ3n) is 5.41. The van der Waals surface area contributed by atoms with Crippen molar-refractivity contribution in [2.75, 3.05) is 31.1 Å². The first kappa shape index (κ1) is 18.1. The van der Waals surface area contributed by atoms with Gasteiger partial charge in [-0.2, -0.15) is 5.26 Å². The lowest BCUT2D eigenvalue weighted by Gasteiger charge is -2.36. The average Bonchev–Trinajstić information content (AvgIpc) is 3.10. The molecule has 4 rings (SSSR count). The van der Waals surface area contributed by atoms with Crippen molar-refractivity contribution in [3.8, 4) is 6.07 Å². The number of aromatic amines is 1. The molecule has 3 aromatic rings. The minimum atomic E-state index is 0.145. The maximum absolute atomic E-state index is 12.8. The smallest absolute Gasteiger partial charge is 0.227 e. The van der Waals surface area contributed by atoms with E-state index < -0.39 is 0 Å². The van der Waals surface area contributed by atoms with Gasteiger partial charge < -0.3 is 14.8 Å². The zero-order valence-electron chi connectivity index (χ0n) is 16.2. The summed E-state index contributed by atoms with van der Waals surface area (Å²) in [6.07, 6.45) is 2.33. The van der Waals surface area contributed by atoms with Gasteiger partial charge >= 0.3 is 0 Å². The molecule has 0 bridgehead atoms. The molecule has 1 amide bonds. The summed E-state index contributed by atoms with van der Waals surface area (Å²) in [5.74, 6) is 0.145. The number of fused-ring (bicyclic) bond motifs is 1. The third kappa shape index (κ3) is 3.31. The number of piperazine rings is 1. The zero-order valence-corrected chi connectivity index (χ0v) is 16.2. The summed E-state index contributed by atoms with van der Waals surface area (Å²) in [4.78, 5) is 24.6. The summed E-state index contributed by atoms with van der Waals surface area (Å²) in [5.41, 5.74) is 5.32. The minimum absolute atomic E-state index is 0.145. The maximum Gasteiger partial charge on any atom is 0.227 e. The quantitative estimate of drug-likeness (QED) is 0.766. The predicted octanol–water partition coefficient (Wildman–Crippen LogP) is 2.94. The molecule has 0 unspecified atom stereocenters. The van der Waals surface area contributed by atoms with Crippen molar-refractivity contribution in [2.45, 2.75) is 20.3 Å². The van der Waals surface area contributed by atoms with Gasteiger partial charge in [-0.3, -0.25) is 9.78 Å². The van der Waals surface area contributed by atoms with E-state index >= 15 is 0 Å². The number of carbonyl (C=O) groups is 1. The van der Waals surface area contributed by atoms with E-state index in [1.165, 1.54) is 0 Å². The average molecular weight is 373 g/mol. The Morgan fingerprint density at radius 3 is 2.71 bits per heavy atom. The van der Waals surface area contributed by atoms with Crippen molar-refractivity contribution in [1.29, 1.82) is 5.26 Å². The van der Waals surface area contributed by atoms with Gasteiger partial charge in [0.15, 0.2) is 0 Å². The molecule has 28 heavy (non-hydrogen) atoms. The van der Waals surface area contributed by atoms with Crippen LogP contribution in [0.1, 0.15) is 22.5 Å². The number of hydrogen-bond acceptors (Lipinski definition) is 4. The van der Waals surface area contributed by atoms with E-state index in [1.54, 1.807) is 0 Å². The molecule has 1 fully saturated rings. The van der Waals surface area contributed by atoms with Gasteiger partial charge in [-0.25, -0.2) is 0 Å². The molecule has 142 valence electrons. The number of anilines is 1. The molecular weight excluding hydrogens is 350 g/mol. The van der Waals surface area contributed by atoms with Crippen LogP contribution in [-0.4, -0.2) is 47.0 Å².